The number of aromatic nitrogens is 5. The standard InChI is InChI=1S/C24H30N6O2S2/c1-5-29(6-2)34(31,32)21-11-9-10-19(14-21)23-26-27-24(30(23)15-18(3)4)33-17-20-16-28-13-8-7-12-22(28)25-20/h7-14,16,18H,5-6,15,17H2,1-4H3. The first kappa shape index (κ1) is 24.4. The molecular weight excluding hydrogens is 468 g/mol. The van der Waals surface area contributed by atoms with E-state index in [1.807, 2.05) is 54.9 Å². The van der Waals surface area contributed by atoms with Gasteiger partial charge in [0.2, 0.25) is 10.0 Å². The summed E-state index contributed by atoms with van der Waals surface area (Å²) >= 11 is 1.58. The summed E-state index contributed by atoms with van der Waals surface area (Å²) < 4.78 is 31.6. The highest BCUT2D eigenvalue weighted by molar-refractivity contribution is 7.98. The maximum atomic E-state index is 13.0. The van der Waals surface area contributed by atoms with E-state index in [0.29, 0.717) is 30.6 Å². The Balaban J connectivity index is 1.65. The topological polar surface area (TPSA) is 85.4 Å². The van der Waals surface area contributed by atoms with E-state index in [-0.39, 0.29) is 4.90 Å². The normalized spacial score (nSPS) is 12.3. The van der Waals surface area contributed by atoms with E-state index in [1.165, 1.54) is 4.31 Å². The molecule has 0 spiro atoms. The zero-order chi connectivity index (χ0) is 24.3. The van der Waals surface area contributed by atoms with E-state index in [4.69, 9.17) is 0 Å². The first-order valence-electron chi connectivity index (χ1n) is 11.4. The van der Waals surface area contributed by atoms with Crippen LogP contribution in [-0.2, 0) is 22.3 Å². The maximum absolute atomic E-state index is 13.0. The second-order valence-electron chi connectivity index (χ2n) is 8.41. The second kappa shape index (κ2) is 10.3. The van der Waals surface area contributed by atoms with E-state index in [1.54, 1.807) is 30.0 Å². The van der Waals surface area contributed by atoms with Crippen molar-refractivity contribution in [2.75, 3.05) is 13.1 Å². The zero-order valence-corrected chi connectivity index (χ0v) is 21.6. The quantitative estimate of drug-likeness (QED) is 0.298. The van der Waals surface area contributed by atoms with Gasteiger partial charge in [-0.2, -0.15) is 4.31 Å². The summed E-state index contributed by atoms with van der Waals surface area (Å²) in [5.41, 5.74) is 2.61. The Hall–Kier alpha value is -2.69. The monoisotopic (exact) mass is 498 g/mol. The lowest BCUT2D eigenvalue weighted by atomic mass is 10.2. The molecule has 3 heterocycles. The van der Waals surface area contributed by atoms with Crippen molar-refractivity contribution in [1.29, 1.82) is 0 Å². The Bertz CT molecular complexity index is 1340. The minimum absolute atomic E-state index is 0.270. The number of rotatable bonds is 10. The molecule has 0 aliphatic carbocycles. The van der Waals surface area contributed by atoms with Gasteiger partial charge in [0.25, 0.3) is 0 Å². The van der Waals surface area contributed by atoms with Crippen molar-refractivity contribution in [3.05, 3.63) is 60.6 Å². The minimum Gasteiger partial charge on any atom is -0.307 e. The highest BCUT2D eigenvalue weighted by Crippen LogP contribution is 2.29. The molecule has 0 fully saturated rings. The van der Waals surface area contributed by atoms with Crippen LogP contribution in [0.4, 0.5) is 0 Å². The van der Waals surface area contributed by atoms with Gasteiger partial charge in [0.1, 0.15) is 5.65 Å². The maximum Gasteiger partial charge on any atom is 0.243 e. The van der Waals surface area contributed by atoms with Gasteiger partial charge in [0.15, 0.2) is 11.0 Å². The molecule has 8 nitrogen and oxygen atoms in total. The molecule has 0 aliphatic rings. The first-order chi connectivity index (χ1) is 16.3. The molecule has 180 valence electrons. The zero-order valence-electron chi connectivity index (χ0n) is 19.9. The van der Waals surface area contributed by atoms with Gasteiger partial charge in [-0.3, -0.25) is 0 Å². The van der Waals surface area contributed by atoms with Crippen LogP contribution in [0.1, 0.15) is 33.4 Å². The average Bonchev–Trinajstić information content (AvgIpc) is 3.41. The van der Waals surface area contributed by atoms with Gasteiger partial charge in [-0.15, -0.1) is 10.2 Å². The lowest BCUT2D eigenvalue weighted by Crippen LogP contribution is -2.30. The largest absolute Gasteiger partial charge is 0.307 e. The molecule has 0 saturated carbocycles. The SMILES string of the molecule is CCN(CC)S(=O)(=O)c1cccc(-c2nnc(SCc3cn4ccccc4n3)n2CC(C)C)c1. The molecule has 0 atom stereocenters. The third kappa shape index (κ3) is 5.03. The number of nitrogens with zero attached hydrogens (tertiary/aromatic N) is 6. The molecule has 0 saturated heterocycles. The Labute approximate surface area is 205 Å². The number of pyridine rings is 1. The molecule has 0 amide bonds. The number of benzene rings is 1. The number of hydrogen-bond donors (Lipinski definition) is 0. The van der Waals surface area contributed by atoms with Crippen molar-refractivity contribution in [2.24, 2.45) is 5.92 Å². The number of imidazole rings is 1. The number of sulfonamides is 1. The van der Waals surface area contributed by atoms with Crippen LogP contribution in [-0.4, -0.2) is 50.0 Å². The van der Waals surface area contributed by atoms with Crippen LogP contribution in [0.2, 0.25) is 0 Å². The van der Waals surface area contributed by atoms with Crippen molar-refractivity contribution in [3.63, 3.8) is 0 Å². The summed E-state index contributed by atoms with van der Waals surface area (Å²) in [5, 5.41) is 9.71. The molecule has 1 aromatic carbocycles. The number of thioether (sulfide) groups is 1. The van der Waals surface area contributed by atoms with Gasteiger partial charge in [0, 0.05) is 43.3 Å². The molecule has 4 rings (SSSR count). The van der Waals surface area contributed by atoms with Gasteiger partial charge >= 0.3 is 0 Å². The molecule has 0 aliphatic heterocycles. The molecule has 4 aromatic rings. The highest BCUT2D eigenvalue weighted by Gasteiger charge is 2.23. The van der Waals surface area contributed by atoms with Crippen molar-refractivity contribution in [2.45, 2.75) is 50.0 Å². The van der Waals surface area contributed by atoms with Gasteiger partial charge < -0.3 is 8.97 Å². The second-order valence-corrected chi connectivity index (χ2v) is 11.3. The lowest BCUT2D eigenvalue weighted by molar-refractivity contribution is 0.445. The van der Waals surface area contributed by atoms with Crippen LogP contribution >= 0.6 is 11.8 Å². The molecular formula is C24H30N6O2S2. The minimum atomic E-state index is -3.56. The van der Waals surface area contributed by atoms with Gasteiger partial charge in [0.05, 0.1) is 10.6 Å². The third-order valence-corrected chi connectivity index (χ3v) is 8.51. The predicted octanol–water partition coefficient (Wildman–Crippen LogP) is 4.57. The molecule has 0 N–H and O–H groups in total. The van der Waals surface area contributed by atoms with Crippen molar-refractivity contribution in [3.8, 4) is 11.4 Å². The summed E-state index contributed by atoms with van der Waals surface area (Å²) in [6.07, 6.45) is 4.00. The summed E-state index contributed by atoms with van der Waals surface area (Å²) in [6.45, 7) is 9.55. The van der Waals surface area contributed by atoms with E-state index in [0.717, 1.165) is 28.6 Å². The van der Waals surface area contributed by atoms with Crippen molar-refractivity contribution in [1.82, 2.24) is 28.5 Å². The van der Waals surface area contributed by atoms with E-state index in [2.05, 4.69) is 33.6 Å². The molecule has 0 radical (unpaired) electrons. The molecule has 3 aromatic heterocycles. The number of fused-ring (bicyclic) bond motifs is 1. The van der Waals surface area contributed by atoms with Crippen LogP contribution in [0, 0.1) is 5.92 Å². The van der Waals surface area contributed by atoms with Crippen LogP contribution in [0.25, 0.3) is 17.0 Å². The summed E-state index contributed by atoms with van der Waals surface area (Å²) in [4.78, 5) is 4.94. The lowest BCUT2D eigenvalue weighted by Gasteiger charge is -2.19. The Morgan fingerprint density at radius 2 is 1.85 bits per heavy atom. The van der Waals surface area contributed by atoms with Crippen molar-refractivity contribution >= 4 is 27.4 Å². The summed E-state index contributed by atoms with van der Waals surface area (Å²) in [6, 6.07) is 12.9. The fourth-order valence-corrected chi connectivity index (χ4v) is 6.18. The summed E-state index contributed by atoms with van der Waals surface area (Å²) in [5.74, 6) is 1.70. The van der Waals surface area contributed by atoms with Crippen LogP contribution < -0.4 is 0 Å². The van der Waals surface area contributed by atoms with Gasteiger partial charge in [-0.25, -0.2) is 13.4 Å². The Morgan fingerprint density at radius 3 is 2.56 bits per heavy atom. The Kier molecular flexibility index (Phi) is 7.39. The fourth-order valence-electron chi connectivity index (χ4n) is 3.84. The van der Waals surface area contributed by atoms with Crippen LogP contribution in [0.5, 0.6) is 0 Å². The third-order valence-electron chi connectivity index (χ3n) is 5.46. The molecule has 0 bridgehead atoms. The van der Waals surface area contributed by atoms with E-state index >= 15 is 0 Å². The van der Waals surface area contributed by atoms with Gasteiger partial charge in [-0.05, 0) is 30.2 Å². The summed E-state index contributed by atoms with van der Waals surface area (Å²) in [7, 11) is -3.56. The van der Waals surface area contributed by atoms with Gasteiger partial charge in [-0.1, -0.05) is 57.7 Å². The Morgan fingerprint density at radius 1 is 1.06 bits per heavy atom. The smallest absolute Gasteiger partial charge is 0.243 e. The van der Waals surface area contributed by atoms with Crippen molar-refractivity contribution < 1.29 is 8.42 Å². The van der Waals surface area contributed by atoms with Crippen LogP contribution in [0.15, 0.2) is 64.9 Å². The predicted molar refractivity (Wildman–Crippen MR) is 135 cm³/mol. The van der Waals surface area contributed by atoms with Crippen LogP contribution in [0.3, 0.4) is 0 Å². The number of hydrogen-bond acceptors (Lipinski definition) is 6. The van der Waals surface area contributed by atoms with E-state index < -0.39 is 10.0 Å². The van der Waals surface area contributed by atoms with E-state index in [9.17, 15) is 8.42 Å². The fraction of sp³-hybridized carbons (Fsp3) is 0.375. The first-order valence-corrected chi connectivity index (χ1v) is 13.8. The molecule has 10 heteroatoms. The average molecular weight is 499 g/mol. The molecule has 34 heavy (non-hydrogen) atoms. The highest BCUT2D eigenvalue weighted by atomic mass is 32.2. The molecule has 0 unspecified atom stereocenters.